The second-order valence-electron chi connectivity index (χ2n) is 11.7. The lowest BCUT2D eigenvalue weighted by Gasteiger charge is -2.29. The van der Waals surface area contributed by atoms with Gasteiger partial charge < -0.3 is 71.2 Å². The minimum Gasteiger partial charge on any atom is -0.480 e. The number of nitrogens with one attached hydrogen (secondary N) is 3. The molecule has 1 rings (SSSR count). The third-order valence-corrected chi connectivity index (χ3v) is 7.63. The molecule has 0 aromatic rings. The molecule has 1 heterocycles. The molecule has 6 atom stereocenters. The average Bonchev–Trinajstić information content (AvgIpc) is 3.42. The molecule has 274 valence electrons. The smallest absolute Gasteiger partial charge is 0.326 e. The number of amides is 4. The lowest BCUT2D eigenvalue weighted by Crippen LogP contribution is -2.57. The number of aliphatic hydroxyl groups excluding tert-OH is 1. The molecular weight excluding hydrogens is 630 g/mol. The zero-order valence-electron chi connectivity index (χ0n) is 27.4. The summed E-state index contributed by atoms with van der Waals surface area (Å²) in [4.78, 5) is 72.2. The summed E-state index contributed by atoms with van der Waals surface area (Å²) in [6, 6.07) is -5.23. The summed E-state index contributed by atoms with van der Waals surface area (Å²) in [5.41, 5.74) is 38.8. The summed E-state index contributed by atoms with van der Waals surface area (Å²) in [5.74, 6) is -3.74. The van der Waals surface area contributed by atoms with Gasteiger partial charge in [-0.1, -0.05) is 0 Å². The summed E-state index contributed by atoms with van der Waals surface area (Å²) in [6.07, 6.45) is 2.29. The number of nitrogens with two attached hydrogens (primary N) is 7. The number of β-amino-alcohol motifs (C(OH)–C–C–N with tert-alkyl or cyclic N) is 1. The highest BCUT2D eigenvalue weighted by atomic mass is 16.4. The number of carbonyl (C=O) groups excluding carboxylic acids is 4. The Kier molecular flexibility index (Phi) is 19.4. The van der Waals surface area contributed by atoms with Crippen LogP contribution in [-0.2, 0) is 24.0 Å². The largest absolute Gasteiger partial charge is 0.480 e. The van der Waals surface area contributed by atoms with Gasteiger partial charge in [0, 0.05) is 32.6 Å². The van der Waals surface area contributed by atoms with Crippen LogP contribution in [0.4, 0.5) is 0 Å². The predicted octanol–water partition coefficient (Wildman–Crippen LogP) is -5.21. The maximum atomic E-state index is 13.5. The topological polar surface area (TPSA) is 372 Å². The lowest BCUT2D eigenvalue weighted by molar-refractivity contribution is -0.145. The molecule has 0 aromatic heterocycles. The highest BCUT2D eigenvalue weighted by molar-refractivity contribution is 5.94. The van der Waals surface area contributed by atoms with Crippen molar-refractivity contribution < 1.29 is 34.2 Å². The second kappa shape index (κ2) is 22.3. The minimum absolute atomic E-state index is 0.0134. The molecule has 0 spiro atoms. The number of hydrogen-bond acceptors (Lipinski definition) is 11. The number of aliphatic hydroxyl groups is 1. The fraction of sp³-hybridized carbons (Fsp3) is 0.750. The molecule has 1 saturated heterocycles. The van der Waals surface area contributed by atoms with E-state index in [1.165, 1.54) is 0 Å². The van der Waals surface area contributed by atoms with Crippen LogP contribution in [-0.4, -0.2) is 126 Å². The maximum absolute atomic E-state index is 13.5. The Balaban J connectivity index is 2.62. The Bertz CT molecular complexity index is 1120. The molecule has 1 aliphatic heterocycles. The number of carboxylic acid groups (broad SMARTS) is 1. The second-order valence-corrected chi connectivity index (χ2v) is 11.7. The van der Waals surface area contributed by atoms with Gasteiger partial charge in [0.25, 0.3) is 0 Å². The third kappa shape index (κ3) is 16.0. The first-order valence-electron chi connectivity index (χ1n) is 16.1. The first-order valence-corrected chi connectivity index (χ1v) is 16.1. The van der Waals surface area contributed by atoms with Gasteiger partial charge in [0.15, 0.2) is 11.9 Å². The van der Waals surface area contributed by atoms with Gasteiger partial charge in [0.05, 0.1) is 18.2 Å². The molecule has 20 heteroatoms. The van der Waals surface area contributed by atoms with E-state index in [0.717, 1.165) is 4.90 Å². The summed E-state index contributed by atoms with van der Waals surface area (Å²) in [5, 5.41) is 27.6. The van der Waals surface area contributed by atoms with Crippen LogP contribution in [0.25, 0.3) is 0 Å². The monoisotopic (exact) mass is 685 g/mol. The first kappa shape index (κ1) is 41.8. The molecule has 0 unspecified atom stereocenters. The quantitative estimate of drug-likeness (QED) is 0.0272. The van der Waals surface area contributed by atoms with Crippen molar-refractivity contribution in [3.8, 4) is 0 Å². The van der Waals surface area contributed by atoms with Crippen molar-refractivity contribution in [1.82, 2.24) is 20.9 Å². The van der Waals surface area contributed by atoms with Crippen LogP contribution in [0.3, 0.4) is 0 Å². The Labute approximate surface area is 280 Å². The molecule has 4 amide bonds. The molecule has 19 N–H and O–H groups in total. The molecule has 0 saturated carbocycles. The molecule has 1 aliphatic rings. The van der Waals surface area contributed by atoms with E-state index in [1.54, 1.807) is 0 Å². The van der Waals surface area contributed by atoms with Crippen LogP contribution in [0.5, 0.6) is 0 Å². The average molecular weight is 686 g/mol. The van der Waals surface area contributed by atoms with Crippen molar-refractivity contribution in [3.05, 3.63) is 0 Å². The minimum atomic E-state index is -1.29. The summed E-state index contributed by atoms with van der Waals surface area (Å²) in [7, 11) is 0. The number of unbranched alkanes of at least 4 members (excludes halogenated alkanes) is 2. The van der Waals surface area contributed by atoms with E-state index in [1.807, 2.05) is 0 Å². The van der Waals surface area contributed by atoms with Gasteiger partial charge >= 0.3 is 5.97 Å². The van der Waals surface area contributed by atoms with E-state index in [9.17, 15) is 34.2 Å². The number of aliphatic carboxylic acids is 1. The van der Waals surface area contributed by atoms with Crippen molar-refractivity contribution in [2.45, 2.75) is 101 Å². The van der Waals surface area contributed by atoms with Crippen LogP contribution in [0, 0.1) is 0 Å². The van der Waals surface area contributed by atoms with Crippen molar-refractivity contribution >= 4 is 41.5 Å². The Morgan fingerprint density at radius 3 is 1.94 bits per heavy atom. The molecule has 0 aliphatic carbocycles. The van der Waals surface area contributed by atoms with Crippen molar-refractivity contribution in [2.24, 2.45) is 50.1 Å². The Morgan fingerprint density at radius 2 is 1.35 bits per heavy atom. The van der Waals surface area contributed by atoms with Crippen LogP contribution < -0.4 is 56.1 Å². The number of carbonyl (C=O) groups is 5. The molecule has 0 aromatic carbocycles. The summed E-state index contributed by atoms with van der Waals surface area (Å²) in [6.45, 7) is 0.781. The number of nitrogens with zero attached hydrogens (tertiary/aromatic N) is 3. The van der Waals surface area contributed by atoms with Gasteiger partial charge in [-0.3, -0.25) is 29.2 Å². The molecule has 0 radical (unpaired) electrons. The molecule has 1 fully saturated rings. The number of likely N-dealkylation sites (tertiary alicyclic amines) is 1. The van der Waals surface area contributed by atoms with Crippen LogP contribution in [0.15, 0.2) is 9.98 Å². The van der Waals surface area contributed by atoms with Crippen LogP contribution in [0.1, 0.15) is 64.2 Å². The Morgan fingerprint density at radius 1 is 0.771 bits per heavy atom. The van der Waals surface area contributed by atoms with E-state index >= 15 is 0 Å². The van der Waals surface area contributed by atoms with E-state index in [0.29, 0.717) is 45.2 Å². The normalized spacial score (nSPS) is 18.1. The number of aliphatic imine (C=N–C) groups is 2. The fourth-order valence-electron chi connectivity index (χ4n) is 5.02. The summed E-state index contributed by atoms with van der Waals surface area (Å²) < 4.78 is 0. The number of guanidine groups is 2. The van der Waals surface area contributed by atoms with Gasteiger partial charge in [-0.25, -0.2) is 4.79 Å². The van der Waals surface area contributed by atoms with E-state index in [2.05, 4.69) is 25.9 Å². The van der Waals surface area contributed by atoms with Gasteiger partial charge in [0.1, 0.15) is 18.1 Å². The molecule has 48 heavy (non-hydrogen) atoms. The number of hydrogen-bond donors (Lipinski definition) is 12. The van der Waals surface area contributed by atoms with E-state index < -0.39 is 60.0 Å². The highest BCUT2D eigenvalue weighted by Crippen LogP contribution is 2.20. The van der Waals surface area contributed by atoms with Gasteiger partial charge in [-0.15, -0.1) is 0 Å². The zero-order chi connectivity index (χ0) is 36.2. The fourth-order valence-corrected chi connectivity index (χ4v) is 5.02. The lowest BCUT2D eigenvalue weighted by atomic mass is 10.1. The van der Waals surface area contributed by atoms with E-state index in [-0.39, 0.29) is 69.6 Å². The SMILES string of the molecule is NCC[C@H](NC(=O)[C@@H](N)CCCCNC(=O)[C@@H](N)CCCCN=C(N)N)C(=O)N1C[C@H](O)C[C@H]1C(=O)N[C@@H](CCCN=C(N)N)C(=O)O. The van der Waals surface area contributed by atoms with Crippen LogP contribution in [0.2, 0.25) is 0 Å². The van der Waals surface area contributed by atoms with E-state index in [4.69, 9.17) is 40.1 Å². The summed E-state index contributed by atoms with van der Waals surface area (Å²) >= 11 is 0. The number of rotatable bonds is 23. The van der Waals surface area contributed by atoms with Crippen molar-refractivity contribution in [3.63, 3.8) is 0 Å². The van der Waals surface area contributed by atoms with Gasteiger partial charge in [0.2, 0.25) is 23.6 Å². The van der Waals surface area contributed by atoms with Gasteiger partial charge in [-0.05, 0) is 64.3 Å². The highest BCUT2D eigenvalue weighted by Gasteiger charge is 2.42. The standard InChI is InChI=1S/C28H55N13O7/c29-10-9-19(39-23(44)18(31)7-1-3-11-36-22(43)17(30)6-2-4-12-37-27(32)33)25(46)41-15-16(42)14-21(41)24(45)40-20(26(47)48)8-5-13-38-28(34)35/h16-21,42H,1-15,29-31H2,(H,36,43)(H,39,44)(H,40,45)(H,47,48)(H4,32,33,37)(H4,34,35,38)/t16-,17+,18+,19+,20+,21+/m1/s1. The Hall–Kier alpha value is -4.27. The zero-order valence-corrected chi connectivity index (χ0v) is 27.4. The van der Waals surface area contributed by atoms with Crippen molar-refractivity contribution in [2.75, 3.05) is 32.7 Å². The van der Waals surface area contributed by atoms with Gasteiger partial charge in [-0.2, -0.15) is 0 Å². The van der Waals surface area contributed by atoms with Crippen LogP contribution >= 0.6 is 0 Å². The van der Waals surface area contributed by atoms with Crippen molar-refractivity contribution in [1.29, 1.82) is 0 Å². The molecular formula is C28H55N13O7. The maximum Gasteiger partial charge on any atom is 0.326 e. The molecule has 20 nitrogen and oxygen atoms in total. The number of carboxylic acids is 1. The third-order valence-electron chi connectivity index (χ3n) is 7.63. The first-order chi connectivity index (χ1) is 22.7. The molecule has 0 bridgehead atoms. The predicted molar refractivity (Wildman–Crippen MR) is 179 cm³/mol.